The van der Waals surface area contributed by atoms with Gasteiger partial charge in [0.05, 0.1) is 15.0 Å². The molecule has 2 aliphatic heterocycles. The van der Waals surface area contributed by atoms with E-state index in [-0.39, 0.29) is 11.8 Å². The van der Waals surface area contributed by atoms with Crippen molar-refractivity contribution in [1.29, 1.82) is 0 Å². The lowest BCUT2D eigenvalue weighted by Gasteiger charge is -2.34. The summed E-state index contributed by atoms with van der Waals surface area (Å²) in [6.45, 7) is 5.71. The molecule has 0 aromatic heterocycles. The summed E-state index contributed by atoms with van der Waals surface area (Å²) in [4.78, 5) is 31.2. The number of carbonyl (C=O) groups excluding carboxylic acids is 2. The van der Waals surface area contributed by atoms with Crippen LogP contribution in [0.15, 0.2) is 34.2 Å². The summed E-state index contributed by atoms with van der Waals surface area (Å²) in [6, 6.07) is 5.07. The monoisotopic (exact) mass is 411 g/mol. The maximum absolute atomic E-state index is 12.5. The lowest BCUT2D eigenvalue weighted by atomic mass is 9.92. The lowest BCUT2D eigenvalue weighted by Crippen LogP contribution is -2.42. The van der Waals surface area contributed by atoms with Crippen LogP contribution in [0.25, 0.3) is 0 Å². The largest absolute Gasteiger partial charge is 0.339 e. The maximum Gasteiger partial charge on any atom is 0.264 e. The number of piperidine rings is 1. The Bertz CT molecular complexity index is 779. The molecule has 0 aliphatic carbocycles. The van der Waals surface area contributed by atoms with Gasteiger partial charge >= 0.3 is 0 Å². The summed E-state index contributed by atoms with van der Waals surface area (Å²) >= 11 is 13.3. The number of hydrogen-bond acceptors (Lipinski definition) is 4. The topological polar surface area (TPSA) is 61.8 Å². The van der Waals surface area contributed by atoms with Gasteiger partial charge in [-0.15, -0.1) is 0 Å². The highest BCUT2D eigenvalue weighted by Gasteiger charge is 2.29. The third kappa shape index (κ3) is 4.42. The van der Waals surface area contributed by atoms with Gasteiger partial charge in [-0.25, -0.2) is 4.99 Å². The van der Waals surface area contributed by atoms with Crippen molar-refractivity contribution >= 4 is 57.6 Å². The van der Waals surface area contributed by atoms with Crippen LogP contribution in [0.4, 0.5) is 5.69 Å². The zero-order valence-corrected chi connectivity index (χ0v) is 16.8. The predicted molar refractivity (Wildman–Crippen MR) is 107 cm³/mol. The molecule has 2 atom stereocenters. The number of aliphatic imine (C=N–C) groups is 1. The van der Waals surface area contributed by atoms with Crippen LogP contribution in [-0.4, -0.2) is 35.0 Å². The molecule has 0 saturated carbocycles. The van der Waals surface area contributed by atoms with Crippen molar-refractivity contribution in [3.05, 3.63) is 39.2 Å². The number of halogens is 2. The van der Waals surface area contributed by atoms with Crippen molar-refractivity contribution in [1.82, 2.24) is 10.2 Å². The summed E-state index contributed by atoms with van der Waals surface area (Å²) in [5, 5.41) is 3.79. The summed E-state index contributed by atoms with van der Waals surface area (Å²) in [7, 11) is 0. The Morgan fingerprint density at radius 1 is 1.27 bits per heavy atom. The molecule has 0 spiro atoms. The van der Waals surface area contributed by atoms with Crippen LogP contribution in [0.2, 0.25) is 10.0 Å². The molecular formula is C18H19Cl2N3O2S. The van der Waals surface area contributed by atoms with E-state index >= 15 is 0 Å². The zero-order valence-electron chi connectivity index (χ0n) is 14.5. The van der Waals surface area contributed by atoms with Crippen LogP contribution in [0.1, 0.15) is 20.3 Å². The number of nitrogens with zero attached hydrogens (tertiary/aromatic N) is 2. The minimum atomic E-state index is -0.344. The smallest absolute Gasteiger partial charge is 0.264 e. The van der Waals surface area contributed by atoms with Crippen molar-refractivity contribution in [3.63, 3.8) is 0 Å². The number of likely N-dealkylation sites (tertiary alicyclic amines) is 1. The van der Waals surface area contributed by atoms with Gasteiger partial charge in [0.1, 0.15) is 5.69 Å². The Morgan fingerprint density at radius 3 is 2.50 bits per heavy atom. The number of amidine groups is 1. The van der Waals surface area contributed by atoms with Crippen molar-refractivity contribution < 1.29 is 9.59 Å². The van der Waals surface area contributed by atoms with E-state index in [1.807, 2.05) is 0 Å². The quantitative estimate of drug-likeness (QED) is 0.740. The van der Waals surface area contributed by atoms with Crippen LogP contribution in [-0.2, 0) is 9.59 Å². The van der Waals surface area contributed by atoms with Crippen molar-refractivity contribution in [2.24, 2.45) is 16.8 Å². The molecule has 26 heavy (non-hydrogen) atoms. The number of para-hydroxylation sites is 1. The van der Waals surface area contributed by atoms with E-state index in [9.17, 15) is 9.59 Å². The van der Waals surface area contributed by atoms with Crippen LogP contribution >= 0.6 is 35.0 Å². The Balaban J connectivity index is 1.76. The van der Waals surface area contributed by atoms with Crippen LogP contribution in [0, 0.1) is 11.8 Å². The van der Waals surface area contributed by atoms with E-state index in [2.05, 4.69) is 24.2 Å². The molecule has 1 N–H and O–H groups in total. The molecule has 1 aromatic rings. The van der Waals surface area contributed by atoms with Crippen LogP contribution < -0.4 is 5.32 Å². The normalized spacial score (nSPS) is 26.5. The first-order chi connectivity index (χ1) is 12.3. The fraction of sp³-hybridized carbons (Fsp3) is 0.389. The average Bonchev–Trinajstić information content (AvgIpc) is 2.90. The Labute approximate surface area is 166 Å². The highest BCUT2D eigenvalue weighted by Crippen LogP contribution is 2.35. The SMILES string of the molecule is CC1CC(C)CN(C(=O)C=C2SC(=Nc3c(Cl)cccc3Cl)NC2=O)C1. The number of nitrogens with one attached hydrogen (secondary N) is 1. The van der Waals surface area contributed by atoms with E-state index in [0.29, 0.717) is 37.6 Å². The second-order valence-corrected chi connectivity index (χ2v) is 8.59. The highest BCUT2D eigenvalue weighted by atomic mass is 35.5. The average molecular weight is 412 g/mol. The molecule has 2 saturated heterocycles. The Morgan fingerprint density at radius 2 is 1.88 bits per heavy atom. The lowest BCUT2D eigenvalue weighted by molar-refractivity contribution is -0.129. The minimum absolute atomic E-state index is 0.141. The van der Waals surface area contributed by atoms with Gasteiger partial charge < -0.3 is 10.2 Å². The molecule has 5 nitrogen and oxygen atoms in total. The first-order valence-corrected chi connectivity index (χ1v) is 9.93. The molecule has 1 aromatic carbocycles. The standard InChI is InChI=1S/C18H19Cl2N3O2S/c1-10-6-11(2)9-23(8-10)15(24)7-14-17(25)22-18(26-14)21-16-12(19)4-3-5-13(16)20/h3-5,7,10-11H,6,8-9H2,1-2H3,(H,21,22,25). The van der Waals surface area contributed by atoms with E-state index in [1.54, 1.807) is 23.1 Å². The molecule has 0 radical (unpaired) electrons. The number of rotatable bonds is 2. The summed E-state index contributed by atoms with van der Waals surface area (Å²) in [6.07, 6.45) is 2.51. The number of thioether (sulfide) groups is 1. The molecule has 2 fully saturated rings. The van der Waals surface area contributed by atoms with E-state index in [1.165, 1.54) is 6.08 Å². The number of amides is 2. The molecular weight excluding hydrogens is 393 g/mol. The number of carbonyl (C=O) groups is 2. The molecule has 2 aliphatic rings. The fourth-order valence-electron chi connectivity index (χ4n) is 3.22. The van der Waals surface area contributed by atoms with Gasteiger partial charge in [0.15, 0.2) is 5.17 Å². The zero-order chi connectivity index (χ0) is 18.8. The third-order valence-electron chi connectivity index (χ3n) is 4.24. The summed E-state index contributed by atoms with van der Waals surface area (Å²) in [5.41, 5.74) is 0.393. The summed E-state index contributed by atoms with van der Waals surface area (Å²) < 4.78 is 0. The molecule has 2 unspecified atom stereocenters. The first-order valence-electron chi connectivity index (χ1n) is 8.36. The van der Waals surface area contributed by atoms with Gasteiger partial charge in [-0.3, -0.25) is 9.59 Å². The molecule has 2 amide bonds. The predicted octanol–water partition coefficient (Wildman–Crippen LogP) is 4.23. The second-order valence-electron chi connectivity index (χ2n) is 6.74. The highest BCUT2D eigenvalue weighted by molar-refractivity contribution is 8.18. The first kappa shape index (κ1) is 19.3. The second kappa shape index (κ2) is 8.03. The molecule has 2 heterocycles. The molecule has 8 heteroatoms. The number of benzene rings is 1. The third-order valence-corrected chi connectivity index (χ3v) is 5.76. The minimum Gasteiger partial charge on any atom is -0.339 e. The Hall–Kier alpha value is -1.50. The van der Waals surface area contributed by atoms with Gasteiger partial charge in [0, 0.05) is 19.2 Å². The van der Waals surface area contributed by atoms with Gasteiger partial charge in [-0.05, 0) is 42.2 Å². The van der Waals surface area contributed by atoms with Gasteiger partial charge in [0.2, 0.25) is 5.91 Å². The van der Waals surface area contributed by atoms with Crippen molar-refractivity contribution in [3.8, 4) is 0 Å². The van der Waals surface area contributed by atoms with E-state index in [0.717, 1.165) is 31.3 Å². The Kier molecular flexibility index (Phi) is 5.95. The number of hydrogen-bond donors (Lipinski definition) is 1. The summed E-state index contributed by atoms with van der Waals surface area (Å²) in [5.74, 6) is 0.442. The van der Waals surface area contributed by atoms with Gasteiger partial charge in [-0.2, -0.15) is 0 Å². The maximum atomic E-state index is 12.5. The van der Waals surface area contributed by atoms with Crippen LogP contribution in [0.5, 0.6) is 0 Å². The van der Waals surface area contributed by atoms with E-state index in [4.69, 9.17) is 23.2 Å². The van der Waals surface area contributed by atoms with E-state index < -0.39 is 0 Å². The van der Waals surface area contributed by atoms with Gasteiger partial charge in [0.25, 0.3) is 5.91 Å². The van der Waals surface area contributed by atoms with Crippen LogP contribution in [0.3, 0.4) is 0 Å². The molecule has 0 bridgehead atoms. The molecule has 138 valence electrons. The fourth-order valence-corrected chi connectivity index (χ4v) is 4.50. The molecule has 3 rings (SSSR count). The van der Waals surface area contributed by atoms with Crippen molar-refractivity contribution in [2.75, 3.05) is 13.1 Å². The van der Waals surface area contributed by atoms with Gasteiger partial charge in [-0.1, -0.05) is 43.1 Å². The van der Waals surface area contributed by atoms with Crippen molar-refractivity contribution in [2.45, 2.75) is 20.3 Å².